The summed E-state index contributed by atoms with van der Waals surface area (Å²) < 4.78 is 23.0. The molecule has 130 valence electrons. The molecule has 0 aliphatic carbocycles. The van der Waals surface area contributed by atoms with Crippen LogP contribution >= 0.6 is 11.6 Å². The van der Waals surface area contributed by atoms with E-state index < -0.39 is 29.7 Å². The zero-order chi connectivity index (χ0) is 18.1. The van der Waals surface area contributed by atoms with Gasteiger partial charge in [-0.25, -0.2) is 14.0 Å². The quantitative estimate of drug-likeness (QED) is 0.459. The predicted octanol–water partition coefficient (Wildman–Crippen LogP) is 2.10. The fourth-order valence-electron chi connectivity index (χ4n) is 1.68. The summed E-state index contributed by atoms with van der Waals surface area (Å²) in [6.07, 6.45) is 2.09. The van der Waals surface area contributed by atoms with Crippen LogP contribution in [-0.2, 0) is 23.9 Å². The fraction of sp³-hybridized carbons (Fsp3) is 0.312. The SMILES string of the molecule is CCOC(=O)C(NC(=O)C=Cc1c(F)cccc1Cl)C(=O)OCC. The topological polar surface area (TPSA) is 81.7 Å². The average molecular weight is 358 g/mol. The van der Waals surface area contributed by atoms with Gasteiger partial charge in [0, 0.05) is 11.6 Å². The molecule has 1 aromatic rings. The highest BCUT2D eigenvalue weighted by atomic mass is 35.5. The first-order valence-corrected chi connectivity index (χ1v) is 7.54. The Morgan fingerprint density at radius 2 is 1.79 bits per heavy atom. The van der Waals surface area contributed by atoms with E-state index in [1.807, 2.05) is 0 Å². The summed E-state index contributed by atoms with van der Waals surface area (Å²) in [6.45, 7) is 3.18. The zero-order valence-electron chi connectivity index (χ0n) is 13.2. The summed E-state index contributed by atoms with van der Waals surface area (Å²) in [5.74, 6) is -3.30. The van der Waals surface area contributed by atoms with Gasteiger partial charge in [-0.3, -0.25) is 4.79 Å². The summed E-state index contributed by atoms with van der Waals surface area (Å²) >= 11 is 5.83. The molecule has 0 atom stereocenters. The van der Waals surface area contributed by atoms with E-state index in [0.717, 1.165) is 12.2 Å². The summed E-state index contributed by atoms with van der Waals surface area (Å²) in [5, 5.41) is 2.27. The summed E-state index contributed by atoms with van der Waals surface area (Å²) in [7, 11) is 0. The highest BCUT2D eigenvalue weighted by molar-refractivity contribution is 6.32. The summed E-state index contributed by atoms with van der Waals surface area (Å²) in [5.41, 5.74) is 0.0122. The van der Waals surface area contributed by atoms with E-state index in [4.69, 9.17) is 21.1 Å². The molecule has 0 spiro atoms. The molecule has 1 amide bonds. The standard InChI is InChI=1S/C16H17ClFNO5/c1-3-23-15(21)14(16(22)24-4-2)19-13(20)9-8-10-11(17)6-5-7-12(10)18/h5-9,14H,3-4H2,1-2H3,(H,19,20). The van der Waals surface area contributed by atoms with Gasteiger partial charge >= 0.3 is 11.9 Å². The van der Waals surface area contributed by atoms with Crippen LogP contribution in [0, 0.1) is 5.82 Å². The molecule has 0 saturated carbocycles. The monoisotopic (exact) mass is 357 g/mol. The van der Waals surface area contributed by atoms with Gasteiger partial charge in [0.05, 0.1) is 18.2 Å². The first-order chi connectivity index (χ1) is 11.4. The molecule has 0 aliphatic rings. The number of halogens is 2. The van der Waals surface area contributed by atoms with E-state index in [1.54, 1.807) is 13.8 Å². The molecule has 1 rings (SSSR count). The van der Waals surface area contributed by atoms with Crippen molar-refractivity contribution in [2.75, 3.05) is 13.2 Å². The lowest BCUT2D eigenvalue weighted by Crippen LogP contribution is -2.47. The van der Waals surface area contributed by atoms with Crippen LogP contribution in [0.25, 0.3) is 6.08 Å². The summed E-state index contributed by atoms with van der Waals surface area (Å²) in [4.78, 5) is 35.4. The van der Waals surface area contributed by atoms with E-state index >= 15 is 0 Å². The molecule has 1 N–H and O–H groups in total. The Hall–Kier alpha value is -2.41. The van der Waals surface area contributed by atoms with Crippen molar-refractivity contribution in [1.29, 1.82) is 0 Å². The molecule has 0 aliphatic heterocycles. The molecule has 1 aromatic carbocycles. The van der Waals surface area contributed by atoms with Gasteiger partial charge in [0.2, 0.25) is 11.9 Å². The molecule has 0 aromatic heterocycles. The number of benzene rings is 1. The average Bonchev–Trinajstić information content (AvgIpc) is 2.52. The Morgan fingerprint density at radius 1 is 1.21 bits per heavy atom. The first kappa shape index (κ1) is 19.6. The number of nitrogens with one attached hydrogen (secondary N) is 1. The maximum absolute atomic E-state index is 13.6. The highest BCUT2D eigenvalue weighted by Crippen LogP contribution is 2.20. The molecular weight excluding hydrogens is 341 g/mol. The van der Waals surface area contributed by atoms with Crippen molar-refractivity contribution in [2.24, 2.45) is 0 Å². The van der Waals surface area contributed by atoms with Crippen molar-refractivity contribution in [3.63, 3.8) is 0 Å². The van der Waals surface area contributed by atoms with Gasteiger partial charge in [-0.05, 0) is 32.1 Å². The normalized spacial score (nSPS) is 10.7. The van der Waals surface area contributed by atoms with Crippen LogP contribution in [-0.4, -0.2) is 37.1 Å². The molecular formula is C16H17ClFNO5. The van der Waals surface area contributed by atoms with E-state index in [0.29, 0.717) is 0 Å². The molecule has 6 nitrogen and oxygen atoms in total. The van der Waals surface area contributed by atoms with E-state index in [2.05, 4.69) is 5.32 Å². The number of hydrogen-bond donors (Lipinski definition) is 1. The number of amides is 1. The maximum atomic E-state index is 13.6. The third kappa shape index (κ3) is 5.66. The van der Waals surface area contributed by atoms with E-state index in [9.17, 15) is 18.8 Å². The Bertz CT molecular complexity index is 609. The van der Waals surface area contributed by atoms with Gasteiger partial charge in [-0.2, -0.15) is 0 Å². The minimum absolute atomic E-state index is 0.0122. The molecule has 0 fully saturated rings. The second-order valence-electron chi connectivity index (χ2n) is 4.41. The van der Waals surface area contributed by atoms with Gasteiger partial charge < -0.3 is 14.8 Å². The van der Waals surface area contributed by atoms with Crippen LogP contribution in [0.4, 0.5) is 4.39 Å². The third-order valence-corrected chi connectivity index (χ3v) is 3.06. The van der Waals surface area contributed by atoms with Gasteiger partial charge in [-0.1, -0.05) is 17.7 Å². The minimum Gasteiger partial charge on any atom is -0.464 e. The van der Waals surface area contributed by atoms with Gasteiger partial charge in [-0.15, -0.1) is 0 Å². The number of ether oxygens (including phenoxy) is 2. The summed E-state index contributed by atoms with van der Waals surface area (Å²) in [6, 6.07) is 2.47. The van der Waals surface area contributed by atoms with Crippen LogP contribution < -0.4 is 5.32 Å². The molecule has 0 saturated heterocycles. The second-order valence-corrected chi connectivity index (χ2v) is 4.82. The van der Waals surface area contributed by atoms with Crippen molar-refractivity contribution in [3.05, 3.63) is 40.7 Å². The van der Waals surface area contributed by atoms with Crippen LogP contribution in [0.3, 0.4) is 0 Å². The third-order valence-electron chi connectivity index (χ3n) is 2.73. The highest BCUT2D eigenvalue weighted by Gasteiger charge is 2.30. The lowest BCUT2D eigenvalue weighted by Gasteiger charge is -2.14. The first-order valence-electron chi connectivity index (χ1n) is 7.16. The lowest BCUT2D eigenvalue weighted by atomic mass is 10.2. The van der Waals surface area contributed by atoms with Crippen LogP contribution in [0.15, 0.2) is 24.3 Å². The Balaban J connectivity index is 2.86. The van der Waals surface area contributed by atoms with Gasteiger partial charge in [0.1, 0.15) is 5.82 Å². The van der Waals surface area contributed by atoms with Crippen molar-refractivity contribution >= 4 is 35.5 Å². The minimum atomic E-state index is -1.60. The van der Waals surface area contributed by atoms with E-state index in [-0.39, 0.29) is 23.8 Å². The Kier molecular flexibility index (Phi) is 7.91. The largest absolute Gasteiger partial charge is 0.464 e. The van der Waals surface area contributed by atoms with Crippen molar-refractivity contribution < 1.29 is 28.2 Å². The Morgan fingerprint density at radius 3 is 2.29 bits per heavy atom. The maximum Gasteiger partial charge on any atom is 0.340 e. The van der Waals surface area contributed by atoms with Crippen LogP contribution in [0.1, 0.15) is 19.4 Å². The zero-order valence-corrected chi connectivity index (χ0v) is 13.9. The number of carbonyl (C=O) groups is 3. The molecule has 0 unspecified atom stereocenters. The van der Waals surface area contributed by atoms with Crippen molar-refractivity contribution in [2.45, 2.75) is 19.9 Å². The van der Waals surface area contributed by atoms with Crippen molar-refractivity contribution in [3.8, 4) is 0 Å². The van der Waals surface area contributed by atoms with E-state index in [1.165, 1.54) is 18.2 Å². The number of esters is 2. The molecule has 0 heterocycles. The second kappa shape index (κ2) is 9.67. The predicted molar refractivity (Wildman–Crippen MR) is 85.6 cm³/mol. The number of carbonyl (C=O) groups excluding carboxylic acids is 3. The molecule has 8 heteroatoms. The van der Waals surface area contributed by atoms with Gasteiger partial charge in [0.15, 0.2) is 0 Å². The fourth-order valence-corrected chi connectivity index (χ4v) is 1.91. The Labute approximate surface area is 143 Å². The van der Waals surface area contributed by atoms with Crippen molar-refractivity contribution in [1.82, 2.24) is 5.32 Å². The number of hydrogen-bond acceptors (Lipinski definition) is 5. The molecule has 0 radical (unpaired) electrons. The number of rotatable bonds is 7. The molecule has 0 bridgehead atoms. The lowest BCUT2D eigenvalue weighted by molar-refractivity contribution is -0.159. The molecule has 24 heavy (non-hydrogen) atoms. The van der Waals surface area contributed by atoms with Gasteiger partial charge in [0.25, 0.3) is 0 Å². The smallest absolute Gasteiger partial charge is 0.340 e. The van der Waals surface area contributed by atoms with Crippen LogP contribution in [0.2, 0.25) is 5.02 Å². The van der Waals surface area contributed by atoms with Crippen LogP contribution in [0.5, 0.6) is 0 Å².